The molecule has 3 heterocycles. The number of rotatable bonds is 8. The van der Waals surface area contributed by atoms with Gasteiger partial charge in [-0.05, 0) is 93.7 Å². The summed E-state index contributed by atoms with van der Waals surface area (Å²) in [5, 5.41) is 10.5. The first kappa shape index (κ1) is 33.8. The minimum Gasteiger partial charge on any atom is -0.491 e. The van der Waals surface area contributed by atoms with Crippen LogP contribution in [-0.2, 0) is 29.0 Å². The van der Waals surface area contributed by atoms with E-state index in [0.717, 1.165) is 67.0 Å². The summed E-state index contributed by atoms with van der Waals surface area (Å²) >= 11 is 0. The lowest BCUT2D eigenvalue weighted by molar-refractivity contribution is -0.160. The highest BCUT2D eigenvalue weighted by Crippen LogP contribution is 2.45. The zero-order valence-corrected chi connectivity index (χ0v) is 28.4. The molecule has 2 aliphatic heterocycles. The molecule has 1 atom stereocenters. The van der Waals surface area contributed by atoms with Gasteiger partial charge in [0.1, 0.15) is 0 Å². The minimum atomic E-state index is -1.17. The average Bonchev–Trinajstić information content (AvgIpc) is 2.95. The number of aryl methyl sites for hydroxylation is 2. The Balaban J connectivity index is 1.54. The lowest BCUT2D eigenvalue weighted by Crippen LogP contribution is -2.39. The molecule has 0 aliphatic carbocycles. The molecule has 248 valence electrons. The number of halogens is 2. The fraction of sp³-hybridized carbons (Fsp3) is 0.514. The summed E-state index contributed by atoms with van der Waals surface area (Å²) in [4.78, 5) is 22.2. The molecular weight excluding hydrogens is 588 g/mol. The first-order valence-electron chi connectivity index (χ1n) is 16.1. The molecule has 1 aromatic heterocycles. The predicted molar refractivity (Wildman–Crippen MR) is 176 cm³/mol. The van der Waals surface area contributed by atoms with E-state index in [9.17, 15) is 18.7 Å². The van der Waals surface area contributed by atoms with Gasteiger partial charge in [0.25, 0.3) is 0 Å². The van der Waals surface area contributed by atoms with Crippen LogP contribution in [0.3, 0.4) is 0 Å². The molecule has 0 radical (unpaired) electrons. The van der Waals surface area contributed by atoms with Crippen LogP contribution >= 0.6 is 0 Å². The van der Waals surface area contributed by atoms with Crippen LogP contribution in [0.5, 0.6) is 5.75 Å². The van der Waals surface area contributed by atoms with E-state index in [0.29, 0.717) is 29.9 Å². The Morgan fingerprint density at radius 2 is 1.67 bits per heavy atom. The van der Waals surface area contributed by atoms with Gasteiger partial charge in [0, 0.05) is 55.2 Å². The van der Waals surface area contributed by atoms with E-state index < -0.39 is 29.3 Å². The number of fused-ring (bicyclic) bond motifs is 1. The van der Waals surface area contributed by atoms with Crippen molar-refractivity contribution in [1.82, 2.24) is 9.88 Å². The Morgan fingerprint density at radius 1 is 1.02 bits per heavy atom. The van der Waals surface area contributed by atoms with Crippen LogP contribution in [0.1, 0.15) is 87.2 Å². The molecular formula is C37H47F2N3O4. The molecule has 0 amide bonds. The number of carbonyl (C=O) groups is 1. The molecule has 0 spiro atoms. The first-order chi connectivity index (χ1) is 21.6. The van der Waals surface area contributed by atoms with Crippen LogP contribution in [0.25, 0.3) is 11.1 Å². The normalized spacial score (nSPS) is 17.5. The number of ether oxygens (including phenoxy) is 2. The predicted octanol–water partition coefficient (Wildman–Crippen LogP) is 7.78. The highest BCUT2D eigenvalue weighted by atomic mass is 19.1. The van der Waals surface area contributed by atoms with Gasteiger partial charge in [0.2, 0.25) is 0 Å². The summed E-state index contributed by atoms with van der Waals surface area (Å²) in [6.07, 6.45) is 1.59. The third-order valence-corrected chi connectivity index (χ3v) is 9.22. The number of hydrogen-bond donors (Lipinski definition) is 1. The van der Waals surface area contributed by atoms with Crippen molar-refractivity contribution < 1.29 is 28.2 Å². The number of anilines is 1. The second-order valence-corrected chi connectivity index (χ2v) is 14.6. The van der Waals surface area contributed by atoms with Crippen LogP contribution in [0.2, 0.25) is 0 Å². The number of methoxy groups -OCH3 is 1. The first-order valence-corrected chi connectivity index (χ1v) is 16.1. The zero-order valence-electron chi connectivity index (χ0n) is 28.4. The van der Waals surface area contributed by atoms with Crippen LogP contribution in [0.15, 0.2) is 30.3 Å². The number of pyridine rings is 1. The van der Waals surface area contributed by atoms with E-state index in [-0.39, 0.29) is 11.2 Å². The highest BCUT2D eigenvalue weighted by Gasteiger charge is 2.36. The summed E-state index contributed by atoms with van der Waals surface area (Å²) in [7, 11) is 1.26. The number of benzene rings is 2. The number of nitrogens with zero attached hydrogens (tertiary/aromatic N) is 3. The van der Waals surface area contributed by atoms with Gasteiger partial charge in [-0.15, -0.1) is 0 Å². The summed E-state index contributed by atoms with van der Waals surface area (Å²) in [6, 6.07) is 9.09. The summed E-state index contributed by atoms with van der Waals surface area (Å²) in [5.74, 6) is -2.80. The fourth-order valence-electron chi connectivity index (χ4n) is 6.81. The molecule has 1 fully saturated rings. The topological polar surface area (TPSA) is 75.1 Å². The molecule has 7 nitrogen and oxygen atoms in total. The van der Waals surface area contributed by atoms with E-state index >= 15 is 0 Å². The van der Waals surface area contributed by atoms with Gasteiger partial charge in [-0.25, -0.2) is 13.6 Å². The molecule has 1 N–H and O–H groups in total. The van der Waals surface area contributed by atoms with E-state index in [1.165, 1.54) is 24.8 Å². The maximum atomic E-state index is 14.3. The van der Waals surface area contributed by atoms with Gasteiger partial charge in [-0.3, -0.25) is 9.88 Å². The molecule has 1 saturated heterocycles. The van der Waals surface area contributed by atoms with E-state index in [2.05, 4.69) is 41.8 Å². The molecule has 5 rings (SSSR count). The van der Waals surface area contributed by atoms with E-state index in [1.807, 2.05) is 34.6 Å². The number of carboxylic acid groups (broad SMARTS) is 1. The fourth-order valence-corrected chi connectivity index (χ4v) is 6.81. The van der Waals surface area contributed by atoms with Crippen LogP contribution in [-0.4, -0.2) is 53.3 Å². The highest BCUT2D eigenvalue weighted by molar-refractivity contribution is 5.88. The zero-order chi connectivity index (χ0) is 33.6. The number of piperidine rings is 1. The van der Waals surface area contributed by atoms with Crippen molar-refractivity contribution in [1.29, 1.82) is 0 Å². The largest absolute Gasteiger partial charge is 0.491 e. The van der Waals surface area contributed by atoms with Crippen molar-refractivity contribution in [3.8, 4) is 16.9 Å². The maximum absolute atomic E-state index is 14.3. The van der Waals surface area contributed by atoms with Crippen molar-refractivity contribution in [2.24, 2.45) is 5.41 Å². The lowest BCUT2D eigenvalue weighted by atomic mass is 9.81. The Bertz CT molecular complexity index is 1600. The van der Waals surface area contributed by atoms with Crippen molar-refractivity contribution in [3.63, 3.8) is 0 Å². The second-order valence-electron chi connectivity index (χ2n) is 14.6. The van der Waals surface area contributed by atoms with Crippen LogP contribution in [0.4, 0.5) is 14.5 Å². The van der Waals surface area contributed by atoms with Crippen LogP contribution in [0, 0.1) is 30.9 Å². The van der Waals surface area contributed by atoms with Gasteiger partial charge in [-0.1, -0.05) is 32.0 Å². The van der Waals surface area contributed by atoms with Crippen LogP contribution < -0.4 is 9.64 Å². The number of aliphatic carboxylic acids is 1. The maximum Gasteiger partial charge on any atom is 0.337 e. The van der Waals surface area contributed by atoms with Gasteiger partial charge in [0.15, 0.2) is 23.5 Å². The smallest absolute Gasteiger partial charge is 0.337 e. The van der Waals surface area contributed by atoms with Gasteiger partial charge in [-0.2, -0.15) is 0 Å². The quantitative estimate of drug-likeness (QED) is 0.271. The summed E-state index contributed by atoms with van der Waals surface area (Å²) in [5.41, 5.74) is 7.42. The average molecular weight is 636 g/mol. The van der Waals surface area contributed by atoms with Crippen molar-refractivity contribution in [2.45, 2.75) is 92.5 Å². The molecule has 9 heteroatoms. The van der Waals surface area contributed by atoms with Gasteiger partial charge in [0.05, 0.1) is 18.4 Å². The number of aromatic nitrogens is 1. The number of carboxylic acids is 1. The molecule has 3 aromatic rings. The minimum absolute atomic E-state index is 0.211. The molecule has 0 bridgehead atoms. The molecule has 46 heavy (non-hydrogen) atoms. The Hall–Kier alpha value is -3.56. The van der Waals surface area contributed by atoms with Crippen molar-refractivity contribution in [3.05, 3.63) is 75.6 Å². The molecule has 0 saturated carbocycles. The van der Waals surface area contributed by atoms with E-state index in [1.54, 1.807) is 0 Å². The third-order valence-electron chi connectivity index (χ3n) is 9.22. The second kappa shape index (κ2) is 12.9. The SMILES string of the molecule is COc1c(F)cc(CN2CCc3cc(-c4c(C)nc(C)c([C@H](OC(C)(C)C)C(=O)O)c4N4CCC(C)(C)CC4)ccc3C2)cc1F. The third kappa shape index (κ3) is 7.20. The Kier molecular flexibility index (Phi) is 9.49. The van der Waals surface area contributed by atoms with Crippen molar-refractivity contribution >= 4 is 11.7 Å². The standard InChI is InChI=1S/C37H47F2N3O4/c1-22-30(26-9-10-27-21-41(14-11-25(27)19-26)20-24-17-28(38)33(45-8)29(39)18-24)32(42-15-12-37(6,7)13-16-42)31(23(2)40-22)34(35(43)44)46-36(3,4)5/h9-10,17-19,34H,11-16,20-21H2,1-8H3,(H,43,44)/t34-/m0/s1. The van der Waals surface area contributed by atoms with Crippen molar-refractivity contribution in [2.75, 3.05) is 31.6 Å². The lowest BCUT2D eigenvalue weighted by Gasteiger charge is -2.41. The van der Waals surface area contributed by atoms with Gasteiger partial charge >= 0.3 is 5.97 Å². The van der Waals surface area contributed by atoms with Gasteiger partial charge < -0.3 is 19.5 Å². The molecule has 0 unspecified atom stereocenters. The summed E-state index contributed by atoms with van der Waals surface area (Å²) < 4.78 is 39.7. The Labute approximate surface area is 271 Å². The summed E-state index contributed by atoms with van der Waals surface area (Å²) in [6.45, 7) is 17.5. The Morgan fingerprint density at radius 3 is 2.26 bits per heavy atom. The molecule has 2 aromatic carbocycles. The van der Waals surface area contributed by atoms with E-state index in [4.69, 9.17) is 14.5 Å². The molecule has 2 aliphatic rings. The number of hydrogen-bond acceptors (Lipinski definition) is 6. The monoisotopic (exact) mass is 635 g/mol.